The number of guanidine groups is 1. The summed E-state index contributed by atoms with van der Waals surface area (Å²) in [7, 11) is 1.77. The molecule has 22 heavy (non-hydrogen) atoms. The van der Waals surface area contributed by atoms with Crippen LogP contribution in [-0.2, 0) is 19.4 Å². The van der Waals surface area contributed by atoms with E-state index in [-0.39, 0.29) is 0 Å². The van der Waals surface area contributed by atoms with Crippen molar-refractivity contribution in [3.05, 3.63) is 50.9 Å². The van der Waals surface area contributed by atoms with Crippen molar-refractivity contribution in [3.63, 3.8) is 0 Å². The van der Waals surface area contributed by atoms with Gasteiger partial charge in [-0.25, -0.2) is 4.98 Å². The van der Waals surface area contributed by atoms with Crippen LogP contribution in [0.3, 0.4) is 0 Å². The van der Waals surface area contributed by atoms with Crippen molar-refractivity contribution in [1.82, 2.24) is 15.6 Å². The molecule has 0 aliphatic rings. The van der Waals surface area contributed by atoms with E-state index in [1.54, 1.807) is 18.4 Å². The monoisotopic (exact) mass is 336 g/mol. The van der Waals surface area contributed by atoms with E-state index in [1.807, 2.05) is 30.5 Å². The summed E-state index contributed by atoms with van der Waals surface area (Å²) in [5, 5.41) is 8.49. The number of rotatable bonds is 6. The molecule has 4 nitrogen and oxygen atoms in total. The van der Waals surface area contributed by atoms with Crippen LogP contribution in [0.2, 0.25) is 5.02 Å². The average Bonchev–Trinajstić information content (AvgIpc) is 2.98. The molecule has 1 aromatic carbocycles. The molecule has 0 bridgehead atoms. The maximum absolute atomic E-state index is 5.98. The van der Waals surface area contributed by atoms with E-state index >= 15 is 0 Å². The molecule has 0 spiro atoms. The number of halogens is 1. The number of nitrogens with zero attached hydrogens (tertiary/aromatic N) is 2. The first kappa shape index (κ1) is 16.8. The summed E-state index contributed by atoms with van der Waals surface area (Å²) < 4.78 is 0. The average molecular weight is 337 g/mol. The first-order valence-corrected chi connectivity index (χ1v) is 8.53. The van der Waals surface area contributed by atoms with Crippen LogP contribution in [0.1, 0.15) is 22.4 Å². The lowest BCUT2D eigenvalue weighted by Gasteiger charge is -2.11. The van der Waals surface area contributed by atoms with E-state index in [2.05, 4.69) is 27.5 Å². The first-order chi connectivity index (χ1) is 10.7. The molecular weight excluding hydrogens is 316 g/mol. The van der Waals surface area contributed by atoms with Gasteiger partial charge in [0.25, 0.3) is 0 Å². The van der Waals surface area contributed by atoms with E-state index in [1.165, 1.54) is 4.88 Å². The normalized spacial score (nSPS) is 11.5. The second kappa shape index (κ2) is 8.76. The fourth-order valence-electron chi connectivity index (χ4n) is 1.97. The molecular formula is C16H21ClN4S. The molecule has 0 saturated heterocycles. The van der Waals surface area contributed by atoms with Gasteiger partial charge >= 0.3 is 0 Å². The van der Waals surface area contributed by atoms with Crippen LogP contribution in [0.25, 0.3) is 0 Å². The number of benzene rings is 1. The van der Waals surface area contributed by atoms with Gasteiger partial charge in [0.2, 0.25) is 0 Å². The molecule has 2 rings (SSSR count). The minimum Gasteiger partial charge on any atom is -0.356 e. The zero-order valence-electron chi connectivity index (χ0n) is 12.9. The third kappa shape index (κ3) is 5.31. The lowest BCUT2D eigenvalue weighted by Crippen LogP contribution is -2.37. The van der Waals surface area contributed by atoms with Gasteiger partial charge in [-0.15, -0.1) is 11.3 Å². The van der Waals surface area contributed by atoms with E-state index in [0.717, 1.165) is 40.9 Å². The van der Waals surface area contributed by atoms with Crippen LogP contribution < -0.4 is 10.6 Å². The highest BCUT2D eigenvalue weighted by Gasteiger charge is 2.02. The van der Waals surface area contributed by atoms with Gasteiger partial charge in [0.15, 0.2) is 5.96 Å². The zero-order chi connectivity index (χ0) is 15.8. The summed E-state index contributed by atoms with van der Waals surface area (Å²) in [6.45, 7) is 3.65. The van der Waals surface area contributed by atoms with Crippen LogP contribution in [0, 0.1) is 0 Å². The highest BCUT2D eigenvalue weighted by Crippen LogP contribution is 2.13. The molecule has 0 radical (unpaired) electrons. The number of thiazole rings is 1. The Morgan fingerprint density at radius 1 is 1.36 bits per heavy atom. The number of hydrogen-bond acceptors (Lipinski definition) is 3. The smallest absolute Gasteiger partial charge is 0.191 e. The van der Waals surface area contributed by atoms with Gasteiger partial charge in [-0.1, -0.05) is 30.7 Å². The topological polar surface area (TPSA) is 49.3 Å². The first-order valence-electron chi connectivity index (χ1n) is 7.33. The van der Waals surface area contributed by atoms with Crippen molar-refractivity contribution < 1.29 is 0 Å². The maximum Gasteiger partial charge on any atom is 0.191 e. The van der Waals surface area contributed by atoms with Crippen molar-refractivity contribution in [2.75, 3.05) is 13.6 Å². The number of aryl methyl sites for hydroxylation is 1. The van der Waals surface area contributed by atoms with E-state index < -0.39 is 0 Å². The summed E-state index contributed by atoms with van der Waals surface area (Å²) in [5.41, 5.74) is 1.13. The quantitative estimate of drug-likeness (QED) is 0.628. The van der Waals surface area contributed by atoms with Crippen LogP contribution in [-0.4, -0.2) is 24.5 Å². The van der Waals surface area contributed by atoms with Crippen molar-refractivity contribution in [2.45, 2.75) is 26.3 Å². The Kier molecular flexibility index (Phi) is 6.68. The summed E-state index contributed by atoms with van der Waals surface area (Å²) in [6.07, 6.45) is 3.92. The van der Waals surface area contributed by atoms with Gasteiger partial charge in [0.05, 0.1) is 5.01 Å². The molecule has 0 aliphatic carbocycles. The number of aliphatic imine (C=N–C) groups is 1. The SMILES string of the molecule is CCc1cnc(CCNC(=NC)NCc2cccc(Cl)c2)s1. The minimum absolute atomic E-state index is 0.692. The van der Waals surface area contributed by atoms with Gasteiger partial charge in [-0.2, -0.15) is 0 Å². The van der Waals surface area contributed by atoms with Crippen molar-refractivity contribution in [1.29, 1.82) is 0 Å². The predicted octanol–water partition coefficient (Wildman–Crippen LogP) is 3.27. The van der Waals surface area contributed by atoms with Gasteiger partial charge in [-0.3, -0.25) is 4.99 Å². The van der Waals surface area contributed by atoms with Gasteiger partial charge in [0, 0.05) is 42.7 Å². The lowest BCUT2D eigenvalue weighted by atomic mass is 10.2. The Morgan fingerprint density at radius 2 is 2.23 bits per heavy atom. The molecule has 0 fully saturated rings. The van der Waals surface area contributed by atoms with Crippen LogP contribution >= 0.6 is 22.9 Å². The molecule has 6 heteroatoms. The predicted molar refractivity (Wildman–Crippen MR) is 94.8 cm³/mol. The number of nitrogens with one attached hydrogen (secondary N) is 2. The lowest BCUT2D eigenvalue weighted by molar-refractivity contribution is 0.792. The Labute approximate surface area is 140 Å². The van der Waals surface area contributed by atoms with E-state index in [9.17, 15) is 0 Å². The van der Waals surface area contributed by atoms with E-state index in [4.69, 9.17) is 11.6 Å². The van der Waals surface area contributed by atoms with Gasteiger partial charge in [-0.05, 0) is 24.1 Å². The molecule has 0 amide bonds. The van der Waals surface area contributed by atoms with Crippen LogP contribution in [0.5, 0.6) is 0 Å². The Morgan fingerprint density at radius 3 is 2.91 bits per heavy atom. The summed E-state index contributed by atoms with van der Waals surface area (Å²) in [6, 6.07) is 7.80. The molecule has 1 aromatic heterocycles. The fraction of sp³-hybridized carbons (Fsp3) is 0.375. The molecule has 0 unspecified atom stereocenters. The third-order valence-electron chi connectivity index (χ3n) is 3.15. The Hall–Kier alpha value is -1.59. The minimum atomic E-state index is 0.692. The van der Waals surface area contributed by atoms with Crippen molar-refractivity contribution in [3.8, 4) is 0 Å². The summed E-state index contributed by atoms with van der Waals surface area (Å²) >= 11 is 7.76. The number of aromatic nitrogens is 1. The van der Waals surface area contributed by atoms with Crippen LogP contribution in [0.4, 0.5) is 0 Å². The highest BCUT2D eigenvalue weighted by atomic mass is 35.5. The summed E-state index contributed by atoms with van der Waals surface area (Å²) in [5.74, 6) is 0.784. The van der Waals surface area contributed by atoms with Gasteiger partial charge < -0.3 is 10.6 Å². The largest absolute Gasteiger partial charge is 0.356 e. The van der Waals surface area contributed by atoms with Crippen molar-refractivity contribution >= 4 is 28.9 Å². The molecule has 1 heterocycles. The van der Waals surface area contributed by atoms with Crippen LogP contribution in [0.15, 0.2) is 35.5 Å². The molecule has 2 N–H and O–H groups in total. The number of hydrogen-bond donors (Lipinski definition) is 2. The maximum atomic E-state index is 5.98. The highest BCUT2D eigenvalue weighted by molar-refractivity contribution is 7.11. The Balaban J connectivity index is 1.75. The van der Waals surface area contributed by atoms with Crippen molar-refractivity contribution in [2.24, 2.45) is 4.99 Å². The fourth-order valence-corrected chi connectivity index (χ4v) is 3.04. The molecule has 0 aliphatic heterocycles. The zero-order valence-corrected chi connectivity index (χ0v) is 14.5. The molecule has 118 valence electrons. The summed E-state index contributed by atoms with van der Waals surface area (Å²) in [4.78, 5) is 9.97. The molecule has 0 saturated carbocycles. The molecule has 0 atom stereocenters. The molecule has 2 aromatic rings. The second-order valence-electron chi connectivity index (χ2n) is 4.81. The second-order valence-corrected chi connectivity index (χ2v) is 6.44. The standard InChI is InChI=1S/C16H21ClN4S/c1-3-14-11-20-15(22-14)7-8-19-16(18-2)21-10-12-5-4-6-13(17)9-12/h4-6,9,11H,3,7-8,10H2,1-2H3,(H2,18,19,21). The van der Waals surface area contributed by atoms with Gasteiger partial charge in [0.1, 0.15) is 0 Å². The Bertz CT molecular complexity index is 624. The third-order valence-corrected chi connectivity index (χ3v) is 4.59. The van der Waals surface area contributed by atoms with E-state index in [0.29, 0.717) is 6.54 Å².